The highest BCUT2D eigenvalue weighted by Gasteiger charge is 2.34. The molecule has 0 bridgehead atoms. The van der Waals surface area contributed by atoms with Crippen LogP contribution in [0, 0.1) is 0 Å². The van der Waals surface area contributed by atoms with Gasteiger partial charge in [-0.1, -0.05) is 6.42 Å². The van der Waals surface area contributed by atoms with Crippen LogP contribution in [-0.4, -0.2) is 66.3 Å². The fraction of sp³-hybridized carbons (Fsp3) is 0.800. The second-order valence-corrected chi connectivity index (χ2v) is 6.42. The van der Waals surface area contributed by atoms with Gasteiger partial charge in [-0.05, 0) is 12.8 Å². The Bertz CT molecular complexity index is 449. The summed E-state index contributed by atoms with van der Waals surface area (Å²) in [6.07, 6.45) is 1.15. The lowest BCUT2D eigenvalue weighted by Gasteiger charge is -2.32. The zero-order valence-corrected chi connectivity index (χ0v) is 11.4. The van der Waals surface area contributed by atoms with Gasteiger partial charge in [0.1, 0.15) is 6.04 Å². The maximum absolute atomic E-state index is 11.9. The molecule has 1 aliphatic heterocycles. The highest BCUT2D eigenvalue weighted by atomic mass is 32.2. The van der Waals surface area contributed by atoms with E-state index in [1.54, 1.807) is 0 Å². The quantitative estimate of drug-likeness (QED) is 0.559. The molecule has 8 nitrogen and oxygen atoms in total. The highest BCUT2D eigenvalue weighted by Crippen LogP contribution is 2.19. The van der Waals surface area contributed by atoms with Gasteiger partial charge in [-0.3, -0.25) is 4.79 Å². The third kappa shape index (κ3) is 4.44. The van der Waals surface area contributed by atoms with Crippen molar-refractivity contribution in [1.29, 1.82) is 0 Å². The van der Waals surface area contributed by atoms with E-state index in [1.165, 1.54) is 0 Å². The Labute approximate surface area is 111 Å². The van der Waals surface area contributed by atoms with E-state index in [4.69, 9.17) is 10.2 Å². The number of carboxylic acid groups (broad SMARTS) is 1. The molecular weight excluding hydrogens is 276 g/mol. The number of nitrogens with one attached hydrogen (secondary N) is 1. The predicted octanol–water partition coefficient (Wildman–Crippen LogP) is -1.64. The number of aliphatic carboxylic acids is 1. The van der Waals surface area contributed by atoms with Crippen LogP contribution in [0.1, 0.15) is 19.3 Å². The Balaban J connectivity index is 2.65. The Morgan fingerprint density at radius 3 is 2.58 bits per heavy atom. The van der Waals surface area contributed by atoms with Crippen LogP contribution in [0.3, 0.4) is 0 Å². The maximum atomic E-state index is 11.9. The van der Waals surface area contributed by atoms with Crippen molar-refractivity contribution in [2.24, 2.45) is 0 Å². The van der Waals surface area contributed by atoms with Gasteiger partial charge in [-0.25, -0.2) is 13.2 Å². The summed E-state index contributed by atoms with van der Waals surface area (Å²) in [7, 11) is -3.48. The van der Waals surface area contributed by atoms with Crippen LogP contribution in [0.2, 0.25) is 0 Å². The molecule has 0 radical (unpaired) electrons. The molecule has 2 atom stereocenters. The lowest BCUT2D eigenvalue weighted by Crippen LogP contribution is -2.52. The number of hydrogen-bond acceptors (Lipinski definition) is 5. The third-order valence-corrected chi connectivity index (χ3v) is 4.23. The molecule has 2 unspecified atom stereocenters. The van der Waals surface area contributed by atoms with Gasteiger partial charge in [0, 0.05) is 6.54 Å². The number of nitrogens with zero attached hydrogens (tertiary/aromatic N) is 1. The fourth-order valence-electron chi connectivity index (χ4n) is 1.97. The summed E-state index contributed by atoms with van der Waals surface area (Å²) in [5.41, 5.74) is 0. The molecule has 1 heterocycles. The van der Waals surface area contributed by atoms with Crippen molar-refractivity contribution in [3.63, 3.8) is 0 Å². The summed E-state index contributed by atoms with van der Waals surface area (Å²) < 4.78 is 24.2. The monoisotopic (exact) mass is 294 g/mol. The number of rotatable bonds is 5. The lowest BCUT2D eigenvalue weighted by atomic mass is 10.0. The molecule has 110 valence electrons. The van der Waals surface area contributed by atoms with Crippen LogP contribution in [0.5, 0.6) is 0 Å². The van der Waals surface area contributed by atoms with Gasteiger partial charge in [-0.15, -0.1) is 0 Å². The number of aliphatic hydroxyl groups is 1. The molecule has 19 heavy (non-hydrogen) atoms. The Morgan fingerprint density at radius 1 is 1.42 bits per heavy atom. The number of aliphatic hydroxyl groups excluding tert-OH is 1. The Hall–Kier alpha value is -1.19. The maximum Gasteiger partial charge on any atom is 0.334 e. The summed E-state index contributed by atoms with van der Waals surface area (Å²) in [4.78, 5) is 22.3. The van der Waals surface area contributed by atoms with Gasteiger partial charge in [-0.2, -0.15) is 4.31 Å². The average Bonchev–Trinajstić information content (AvgIpc) is 2.34. The van der Waals surface area contributed by atoms with E-state index in [0.717, 1.165) is 17.0 Å². The average molecular weight is 294 g/mol. The zero-order valence-electron chi connectivity index (χ0n) is 10.6. The zero-order chi connectivity index (χ0) is 14.6. The molecule has 1 saturated heterocycles. The molecule has 3 N–H and O–H groups in total. The Morgan fingerprint density at radius 2 is 2.05 bits per heavy atom. The lowest BCUT2D eigenvalue weighted by molar-refractivity contribution is -0.146. The van der Waals surface area contributed by atoms with Crippen molar-refractivity contribution >= 4 is 21.9 Å². The first kappa shape index (κ1) is 15.9. The number of piperidine rings is 1. The summed E-state index contributed by atoms with van der Waals surface area (Å²) in [6, 6.07) is -0.829. The predicted molar refractivity (Wildman–Crippen MR) is 65.8 cm³/mol. The molecule has 0 aromatic rings. The number of carbonyl (C=O) groups excluding carboxylic acids is 1. The minimum atomic E-state index is -3.48. The molecule has 9 heteroatoms. The van der Waals surface area contributed by atoms with Gasteiger partial charge in [0.25, 0.3) is 0 Å². The van der Waals surface area contributed by atoms with Gasteiger partial charge in [0.2, 0.25) is 15.9 Å². The van der Waals surface area contributed by atoms with Gasteiger partial charge in [0.15, 0.2) is 6.10 Å². The number of carboxylic acids is 1. The van der Waals surface area contributed by atoms with E-state index in [1.807, 2.05) is 0 Å². The number of sulfonamides is 1. The molecule has 1 amide bonds. The van der Waals surface area contributed by atoms with E-state index in [0.29, 0.717) is 12.8 Å². The minimum absolute atomic E-state index is 0.276. The number of amides is 1. The number of carbonyl (C=O) groups is 2. The van der Waals surface area contributed by atoms with Gasteiger partial charge in [0.05, 0.1) is 12.8 Å². The van der Waals surface area contributed by atoms with E-state index in [2.05, 4.69) is 5.32 Å². The second kappa shape index (κ2) is 6.31. The Kier molecular flexibility index (Phi) is 5.27. The minimum Gasteiger partial charge on any atom is -0.479 e. The van der Waals surface area contributed by atoms with Crippen molar-refractivity contribution in [2.75, 3.05) is 19.3 Å². The second-order valence-electron chi connectivity index (χ2n) is 4.48. The van der Waals surface area contributed by atoms with E-state index < -0.39 is 40.6 Å². The SMILES string of the molecule is CS(=O)(=O)N1CCCCC1C(=O)NCC(O)C(=O)O. The van der Waals surface area contributed by atoms with Crippen molar-refractivity contribution in [1.82, 2.24) is 9.62 Å². The van der Waals surface area contributed by atoms with Gasteiger partial charge < -0.3 is 15.5 Å². The molecule has 0 aliphatic carbocycles. The molecule has 0 spiro atoms. The third-order valence-electron chi connectivity index (χ3n) is 2.94. The highest BCUT2D eigenvalue weighted by molar-refractivity contribution is 7.88. The first-order chi connectivity index (χ1) is 8.73. The van der Waals surface area contributed by atoms with Crippen molar-refractivity contribution < 1.29 is 28.2 Å². The normalized spacial score (nSPS) is 22.7. The topological polar surface area (TPSA) is 124 Å². The molecule has 0 saturated carbocycles. The molecule has 1 fully saturated rings. The van der Waals surface area contributed by atoms with E-state index >= 15 is 0 Å². The van der Waals surface area contributed by atoms with Crippen LogP contribution >= 0.6 is 0 Å². The van der Waals surface area contributed by atoms with Crippen molar-refractivity contribution in [3.8, 4) is 0 Å². The van der Waals surface area contributed by atoms with Crippen molar-refractivity contribution in [3.05, 3.63) is 0 Å². The number of hydrogen-bond donors (Lipinski definition) is 3. The first-order valence-electron chi connectivity index (χ1n) is 5.89. The standard InChI is InChI=1S/C10H18N2O6S/c1-19(17,18)12-5-3-2-4-7(12)9(14)11-6-8(13)10(15)16/h7-8,13H,2-6H2,1H3,(H,11,14)(H,15,16). The summed E-state index contributed by atoms with van der Waals surface area (Å²) in [5.74, 6) is -2.02. The summed E-state index contributed by atoms with van der Waals surface area (Å²) in [5, 5.41) is 19.8. The molecular formula is C10H18N2O6S. The first-order valence-corrected chi connectivity index (χ1v) is 7.73. The van der Waals surface area contributed by atoms with Crippen LogP contribution in [0.4, 0.5) is 0 Å². The fourth-order valence-corrected chi connectivity index (χ4v) is 3.09. The van der Waals surface area contributed by atoms with Crippen LogP contribution in [0.25, 0.3) is 0 Å². The van der Waals surface area contributed by atoms with E-state index in [9.17, 15) is 18.0 Å². The summed E-state index contributed by atoms with van der Waals surface area (Å²) in [6.45, 7) is -0.166. The largest absolute Gasteiger partial charge is 0.479 e. The molecule has 1 rings (SSSR count). The molecule has 0 aromatic carbocycles. The van der Waals surface area contributed by atoms with Crippen LogP contribution < -0.4 is 5.32 Å². The van der Waals surface area contributed by atoms with Gasteiger partial charge >= 0.3 is 5.97 Å². The van der Waals surface area contributed by atoms with Crippen molar-refractivity contribution in [2.45, 2.75) is 31.4 Å². The molecule has 0 aromatic heterocycles. The smallest absolute Gasteiger partial charge is 0.334 e. The summed E-state index contributed by atoms with van der Waals surface area (Å²) >= 11 is 0. The molecule has 1 aliphatic rings. The van der Waals surface area contributed by atoms with E-state index in [-0.39, 0.29) is 6.54 Å². The van der Waals surface area contributed by atoms with Crippen LogP contribution in [0.15, 0.2) is 0 Å². The van der Waals surface area contributed by atoms with Crippen LogP contribution in [-0.2, 0) is 19.6 Å².